The van der Waals surface area contributed by atoms with Crippen LogP contribution in [0.5, 0.6) is 0 Å². The first kappa shape index (κ1) is 8.90. The molecule has 0 aliphatic carbocycles. The molecule has 0 saturated carbocycles. The molecule has 34 valence electrons. The number of terminal acetylenes is 1. The second kappa shape index (κ2) is 8.98. The molecule has 0 aromatic carbocycles. The van der Waals surface area contributed by atoms with Gasteiger partial charge in [0.2, 0.25) is 5.91 Å². The van der Waals surface area contributed by atoms with Gasteiger partial charge >= 0.3 is 0 Å². The molecule has 0 fully saturated rings. The Labute approximate surface area is 37.3 Å². The Morgan fingerprint density at radius 3 is 1.67 bits per heavy atom. The SMILES string of the molecule is C#C.CC(N)=O. The van der Waals surface area contributed by atoms with Gasteiger partial charge in [-0.05, 0) is 0 Å². The summed E-state index contributed by atoms with van der Waals surface area (Å²) in [6, 6.07) is 0. The summed E-state index contributed by atoms with van der Waals surface area (Å²) >= 11 is 0. The Morgan fingerprint density at radius 1 is 1.67 bits per heavy atom. The molecule has 0 spiro atoms. The van der Waals surface area contributed by atoms with Gasteiger partial charge < -0.3 is 5.73 Å². The average Bonchev–Trinajstić information content (AvgIpc) is 1.41. The molecular weight excluding hydrogens is 78.0 g/mol. The third-order valence-electron chi connectivity index (χ3n) is 0. The molecular formula is C4H7NO. The molecule has 0 aromatic rings. The van der Waals surface area contributed by atoms with Gasteiger partial charge in [0, 0.05) is 6.92 Å². The van der Waals surface area contributed by atoms with Crippen molar-refractivity contribution in [1.29, 1.82) is 0 Å². The zero-order valence-electron chi connectivity index (χ0n) is 3.64. The molecule has 1 amide bonds. The van der Waals surface area contributed by atoms with Crippen molar-refractivity contribution < 1.29 is 4.79 Å². The quantitative estimate of drug-likeness (QED) is 0.405. The van der Waals surface area contributed by atoms with Gasteiger partial charge in [0.25, 0.3) is 0 Å². The number of rotatable bonds is 0. The highest BCUT2D eigenvalue weighted by Crippen LogP contribution is 1.33. The van der Waals surface area contributed by atoms with E-state index in [2.05, 4.69) is 18.6 Å². The molecule has 0 radical (unpaired) electrons. The number of primary amides is 1. The first-order valence-corrected chi connectivity index (χ1v) is 1.33. The van der Waals surface area contributed by atoms with Crippen LogP contribution >= 0.6 is 0 Å². The number of carbonyl (C=O) groups excluding carboxylic acids is 1. The predicted molar refractivity (Wildman–Crippen MR) is 24.8 cm³/mol. The topological polar surface area (TPSA) is 43.1 Å². The van der Waals surface area contributed by atoms with E-state index in [1.165, 1.54) is 6.92 Å². The first-order valence-electron chi connectivity index (χ1n) is 1.33. The van der Waals surface area contributed by atoms with E-state index in [0.717, 1.165) is 0 Å². The molecule has 0 unspecified atom stereocenters. The maximum atomic E-state index is 9.22. The summed E-state index contributed by atoms with van der Waals surface area (Å²) in [4.78, 5) is 9.22. The van der Waals surface area contributed by atoms with E-state index in [4.69, 9.17) is 0 Å². The van der Waals surface area contributed by atoms with Crippen LogP contribution in [-0.4, -0.2) is 5.91 Å². The minimum absolute atomic E-state index is 0.333. The van der Waals surface area contributed by atoms with E-state index in [-0.39, 0.29) is 5.91 Å². The summed E-state index contributed by atoms with van der Waals surface area (Å²) in [5.41, 5.74) is 4.47. The Kier molecular flexibility index (Phi) is 13.3. The van der Waals surface area contributed by atoms with E-state index in [0.29, 0.717) is 0 Å². The Balaban J connectivity index is 0. The normalized spacial score (nSPS) is 4.50. The highest BCUT2D eigenvalue weighted by Gasteiger charge is 1.61. The van der Waals surface area contributed by atoms with Gasteiger partial charge in [0.1, 0.15) is 0 Å². The number of amides is 1. The minimum Gasteiger partial charge on any atom is -0.370 e. The van der Waals surface area contributed by atoms with Crippen LogP contribution < -0.4 is 5.73 Å². The lowest BCUT2D eigenvalue weighted by Crippen LogP contribution is -2.01. The number of nitrogens with two attached hydrogens (primary N) is 1. The van der Waals surface area contributed by atoms with Gasteiger partial charge in [-0.2, -0.15) is 0 Å². The highest BCUT2D eigenvalue weighted by atomic mass is 16.1. The van der Waals surface area contributed by atoms with Crippen molar-refractivity contribution in [3.63, 3.8) is 0 Å². The van der Waals surface area contributed by atoms with Gasteiger partial charge in [-0.15, -0.1) is 12.8 Å². The summed E-state index contributed by atoms with van der Waals surface area (Å²) in [5.74, 6) is -0.333. The van der Waals surface area contributed by atoms with Gasteiger partial charge in [-0.3, -0.25) is 4.79 Å². The van der Waals surface area contributed by atoms with Crippen LogP contribution in [0, 0.1) is 12.8 Å². The Hall–Kier alpha value is -0.970. The van der Waals surface area contributed by atoms with E-state index < -0.39 is 0 Å². The Morgan fingerprint density at radius 2 is 1.67 bits per heavy atom. The lowest BCUT2D eigenvalue weighted by Gasteiger charge is -1.60. The zero-order chi connectivity index (χ0) is 5.58. The highest BCUT2D eigenvalue weighted by molar-refractivity contribution is 5.70. The maximum Gasteiger partial charge on any atom is 0.214 e. The minimum atomic E-state index is -0.333. The lowest BCUT2D eigenvalue weighted by molar-refractivity contribution is -0.115. The van der Waals surface area contributed by atoms with Crippen LogP contribution in [0.15, 0.2) is 0 Å². The van der Waals surface area contributed by atoms with Crippen LogP contribution in [0.4, 0.5) is 0 Å². The lowest BCUT2D eigenvalue weighted by atomic mass is 10.8. The van der Waals surface area contributed by atoms with Crippen LogP contribution in [0.1, 0.15) is 6.92 Å². The van der Waals surface area contributed by atoms with Crippen molar-refractivity contribution >= 4 is 5.91 Å². The fourth-order valence-electron chi connectivity index (χ4n) is 0. The summed E-state index contributed by atoms with van der Waals surface area (Å²) in [6.07, 6.45) is 8.00. The monoisotopic (exact) mass is 85.1 g/mol. The summed E-state index contributed by atoms with van der Waals surface area (Å²) in [7, 11) is 0. The van der Waals surface area contributed by atoms with Crippen LogP contribution in [-0.2, 0) is 4.79 Å². The van der Waals surface area contributed by atoms with Gasteiger partial charge in [0.05, 0.1) is 0 Å². The molecule has 0 aromatic heterocycles. The predicted octanol–water partition coefficient (Wildman–Crippen LogP) is -0.259. The maximum absolute atomic E-state index is 9.22. The van der Waals surface area contributed by atoms with E-state index in [1.54, 1.807) is 0 Å². The summed E-state index contributed by atoms with van der Waals surface area (Å²) in [6.45, 7) is 1.31. The molecule has 0 aliphatic rings. The van der Waals surface area contributed by atoms with Crippen molar-refractivity contribution in [2.75, 3.05) is 0 Å². The summed E-state index contributed by atoms with van der Waals surface area (Å²) < 4.78 is 0. The van der Waals surface area contributed by atoms with Crippen LogP contribution in [0.25, 0.3) is 0 Å². The molecule has 0 heterocycles. The van der Waals surface area contributed by atoms with Crippen LogP contribution in [0.2, 0.25) is 0 Å². The molecule has 0 saturated heterocycles. The van der Waals surface area contributed by atoms with E-state index >= 15 is 0 Å². The summed E-state index contributed by atoms with van der Waals surface area (Å²) in [5, 5.41) is 0. The third-order valence-corrected chi connectivity index (χ3v) is 0. The zero-order valence-corrected chi connectivity index (χ0v) is 3.64. The van der Waals surface area contributed by atoms with E-state index in [1.807, 2.05) is 0 Å². The average molecular weight is 85.1 g/mol. The van der Waals surface area contributed by atoms with Crippen molar-refractivity contribution in [2.24, 2.45) is 5.73 Å². The second-order valence-corrected chi connectivity index (χ2v) is 0.611. The number of hydrogen-bond donors (Lipinski definition) is 1. The van der Waals surface area contributed by atoms with Gasteiger partial charge in [-0.25, -0.2) is 0 Å². The van der Waals surface area contributed by atoms with Gasteiger partial charge in [-0.1, -0.05) is 0 Å². The fourth-order valence-corrected chi connectivity index (χ4v) is 0. The first-order chi connectivity index (χ1) is 2.73. The fraction of sp³-hybridized carbons (Fsp3) is 0.250. The molecule has 0 atom stereocenters. The van der Waals surface area contributed by atoms with Crippen molar-refractivity contribution in [2.45, 2.75) is 6.92 Å². The molecule has 6 heavy (non-hydrogen) atoms. The molecule has 0 aliphatic heterocycles. The molecule has 0 rings (SSSR count). The van der Waals surface area contributed by atoms with Crippen molar-refractivity contribution in [3.05, 3.63) is 0 Å². The third kappa shape index (κ3) is 13.3. The molecule has 2 nitrogen and oxygen atoms in total. The molecule has 0 bridgehead atoms. The van der Waals surface area contributed by atoms with Crippen molar-refractivity contribution in [3.8, 4) is 12.8 Å². The van der Waals surface area contributed by atoms with E-state index in [9.17, 15) is 4.79 Å². The van der Waals surface area contributed by atoms with Crippen LogP contribution in [0.3, 0.4) is 0 Å². The largest absolute Gasteiger partial charge is 0.370 e. The van der Waals surface area contributed by atoms with Gasteiger partial charge in [0.15, 0.2) is 0 Å². The Bertz CT molecular complexity index is 51.8. The van der Waals surface area contributed by atoms with Crippen molar-refractivity contribution in [1.82, 2.24) is 0 Å². The number of carbonyl (C=O) groups is 1. The smallest absolute Gasteiger partial charge is 0.214 e. The number of hydrogen-bond acceptors (Lipinski definition) is 1. The molecule has 2 heteroatoms. The molecule has 2 N–H and O–H groups in total. The standard InChI is InChI=1S/C2H5NO.C2H2/c1-2(3)4;1-2/h1H3,(H2,3,4);1-2H. The second-order valence-electron chi connectivity index (χ2n) is 0.611.